The molecule has 0 aromatic carbocycles. The van der Waals surface area contributed by atoms with E-state index < -0.39 is 29.4 Å². The lowest BCUT2D eigenvalue weighted by Crippen LogP contribution is -2.45. The molecule has 1 aromatic heterocycles. The third kappa shape index (κ3) is 3.40. The van der Waals surface area contributed by atoms with Gasteiger partial charge in [-0.2, -0.15) is 4.39 Å². The minimum Gasteiger partial charge on any atom is -0.391 e. The van der Waals surface area contributed by atoms with E-state index in [0.29, 0.717) is 13.0 Å². The Balaban J connectivity index is 1.88. The van der Waals surface area contributed by atoms with Gasteiger partial charge in [-0.25, -0.2) is 4.79 Å². The lowest BCUT2D eigenvalue weighted by molar-refractivity contribution is 0.0448. The first-order valence-electron chi connectivity index (χ1n) is 8.39. The maximum atomic E-state index is 13.9. The van der Waals surface area contributed by atoms with Crippen molar-refractivity contribution in [2.24, 2.45) is 5.92 Å². The van der Waals surface area contributed by atoms with Gasteiger partial charge in [0.05, 0.1) is 18.8 Å². The van der Waals surface area contributed by atoms with E-state index in [2.05, 4.69) is 0 Å². The second-order valence-corrected chi connectivity index (χ2v) is 6.52. The Bertz CT molecular complexity index is 657. The third-order valence-electron chi connectivity index (χ3n) is 4.93. The van der Waals surface area contributed by atoms with Gasteiger partial charge in [-0.05, 0) is 31.6 Å². The van der Waals surface area contributed by atoms with Crippen LogP contribution in [0.15, 0.2) is 15.8 Å². The van der Waals surface area contributed by atoms with E-state index in [1.54, 1.807) is 0 Å². The zero-order valence-electron chi connectivity index (χ0n) is 13.1. The van der Waals surface area contributed by atoms with E-state index in [4.69, 9.17) is 4.74 Å². The van der Waals surface area contributed by atoms with Crippen LogP contribution in [0.1, 0.15) is 51.2 Å². The molecule has 2 fully saturated rings. The molecule has 2 heterocycles. The molecule has 2 atom stereocenters. The number of halogens is 1. The highest BCUT2D eigenvalue weighted by molar-refractivity contribution is 4.93. The first-order valence-corrected chi connectivity index (χ1v) is 8.39. The van der Waals surface area contributed by atoms with Gasteiger partial charge in [-0.15, -0.1) is 0 Å². The fourth-order valence-corrected chi connectivity index (χ4v) is 3.59. The minimum absolute atomic E-state index is 0.0643. The molecule has 1 aliphatic heterocycles. The van der Waals surface area contributed by atoms with Gasteiger partial charge >= 0.3 is 5.69 Å². The van der Waals surface area contributed by atoms with Crippen molar-refractivity contribution >= 4 is 0 Å². The van der Waals surface area contributed by atoms with Crippen LogP contribution in [0.2, 0.25) is 0 Å². The van der Waals surface area contributed by atoms with E-state index in [1.807, 2.05) is 0 Å². The van der Waals surface area contributed by atoms with E-state index in [-0.39, 0.29) is 12.5 Å². The fourth-order valence-electron chi connectivity index (χ4n) is 3.59. The first-order chi connectivity index (χ1) is 11.1. The number of hydrogen-bond donors (Lipinski definition) is 1. The van der Waals surface area contributed by atoms with Gasteiger partial charge in [-0.3, -0.25) is 13.9 Å². The Labute approximate surface area is 133 Å². The van der Waals surface area contributed by atoms with Crippen molar-refractivity contribution in [3.8, 4) is 0 Å². The molecule has 23 heavy (non-hydrogen) atoms. The average Bonchev–Trinajstić information content (AvgIpc) is 3.10. The molecular weight excluding hydrogens is 303 g/mol. The Morgan fingerprint density at radius 2 is 1.96 bits per heavy atom. The van der Waals surface area contributed by atoms with Crippen LogP contribution in [0.25, 0.3) is 0 Å². The summed E-state index contributed by atoms with van der Waals surface area (Å²) in [6.45, 7) is 0.357. The Kier molecular flexibility index (Phi) is 4.96. The molecule has 1 N–H and O–H groups in total. The molecule has 0 amide bonds. The molecule has 0 bridgehead atoms. The first kappa shape index (κ1) is 16.4. The standard InChI is InChI=1S/C16H23FN2O4/c17-12-9-18(14-7-4-8-23-14)16(22)19(15(12)21)10-13(20)11-5-2-1-3-6-11/h9,11,13-14,20H,1-8,10H2/t13-,14-/m0/s1. The van der Waals surface area contributed by atoms with E-state index >= 15 is 0 Å². The summed E-state index contributed by atoms with van der Waals surface area (Å²) in [7, 11) is 0. The van der Waals surface area contributed by atoms with E-state index in [0.717, 1.165) is 53.9 Å². The van der Waals surface area contributed by atoms with Crippen LogP contribution < -0.4 is 11.2 Å². The molecule has 1 aromatic rings. The highest BCUT2D eigenvalue weighted by atomic mass is 19.1. The summed E-state index contributed by atoms with van der Waals surface area (Å²) < 4.78 is 21.3. The zero-order valence-corrected chi connectivity index (χ0v) is 13.1. The van der Waals surface area contributed by atoms with Crippen LogP contribution in [0.5, 0.6) is 0 Å². The Morgan fingerprint density at radius 3 is 2.61 bits per heavy atom. The molecular formula is C16H23FN2O4. The number of aliphatic hydroxyl groups excluding tert-OH is 1. The fraction of sp³-hybridized carbons (Fsp3) is 0.750. The van der Waals surface area contributed by atoms with Crippen LogP contribution in [0.4, 0.5) is 4.39 Å². The predicted octanol–water partition coefficient (Wildman–Crippen LogP) is 1.40. The van der Waals surface area contributed by atoms with Crippen molar-refractivity contribution in [2.75, 3.05) is 6.61 Å². The van der Waals surface area contributed by atoms with Crippen molar-refractivity contribution in [3.63, 3.8) is 0 Å². The van der Waals surface area contributed by atoms with E-state index in [1.165, 1.54) is 0 Å². The third-order valence-corrected chi connectivity index (χ3v) is 4.93. The lowest BCUT2D eigenvalue weighted by Gasteiger charge is -2.27. The number of aliphatic hydroxyl groups is 1. The molecule has 7 heteroatoms. The molecule has 6 nitrogen and oxygen atoms in total. The van der Waals surface area contributed by atoms with Crippen molar-refractivity contribution in [3.05, 3.63) is 32.9 Å². The van der Waals surface area contributed by atoms with Crippen molar-refractivity contribution < 1.29 is 14.2 Å². The predicted molar refractivity (Wildman–Crippen MR) is 81.7 cm³/mol. The smallest absolute Gasteiger partial charge is 0.333 e. The molecule has 128 valence electrons. The normalized spacial score (nSPS) is 24.0. The van der Waals surface area contributed by atoms with Crippen LogP contribution >= 0.6 is 0 Å². The number of ether oxygens (including phenoxy) is 1. The van der Waals surface area contributed by atoms with Crippen molar-refractivity contribution in [2.45, 2.75) is 63.8 Å². The number of nitrogens with zero attached hydrogens (tertiary/aromatic N) is 2. The summed E-state index contributed by atoms with van der Waals surface area (Å²) in [6, 6.07) is 0. The van der Waals surface area contributed by atoms with Crippen molar-refractivity contribution in [1.82, 2.24) is 9.13 Å². The van der Waals surface area contributed by atoms with Gasteiger partial charge in [0.2, 0.25) is 5.82 Å². The van der Waals surface area contributed by atoms with Crippen LogP contribution in [0, 0.1) is 11.7 Å². The second kappa shape index (κ2) is 6.97. The van der Waals surface area contributed by atoms with E-state index in [9.17, 15) is 19.1 Å². The molecule has 0 radical (unpaired) electrons. The maximum absolute atomic E-state index is 13.9. The summed E-state index contributed by atoms with van der Waals surface area (Å²) >= 11 is 0. The Hall–Kier alpha value is -1.47. The SMILES string of the molecule is O=c1c(F)cn([C@@H]2CCCO2)c(=O)n1C[C@H](O)C1CCCCC1. The summed E-state index contributed by atoms with van der Waals surface area (Å²) in [5.41, 5.74) is -1.59. The quantitative estimate of drug-likeness (QED) is 0.908. The summed E-state index contributed by atoms with van der Waals surface area (Å²) in [5.74, 6) is -0.926. The maximum Gasteiger partial charge on any atom is 0.333 e. The largest absolute Gasteiger partial charge is 0.391 e. The van der Waals surface area contributed by atoms with Gasteiger partial charge in [0.15, 0.2) is 0 Å². The summed E-state index contributed by atoms with van der Waals surface area (Å²) in [4.78, 5) is 24.5. The Morgan fingerprint density at radius 1 is 1.22 bits per heavy atom. The molecule has 0 unspecified atom stereocenters. The lowest BCUT2D eigenvalue weighted by atomic mass is 9.85. The highest BCUT2D eigenvalue weighted by Gasteiger charge is 2.26. The van der Waals surface area contributed by atoms with Crippen LogP contribution in [-0.4, -0.2) is 27.0 Å². The summed E-state index contributed by atoms with van der Waals surface area (Å²) in [6.07, 6.45) is 5.98. The van der Waals surface area contributed by atoms with Crippen molar-refractivity contribution in [1.29, 1.82) is 0 Å². The van der Waals surface area contributed by atoms with Gasteiger partial charge in [0, 0.05) is 6.61 Å². The van der Waals surface area contributed by atoms with Crippen LogP contribution in [-0.2, 0) is 11.3 Å². The molecule has 1 saturated heterocycles. The van der Waals surface area contributed by atoms with Gasteiger partial charge in [0.1, 0.15) is 6.23 Å². The van der Waals surface area contributed by atoms with Gasteiger partial charge in [-0.1, -0.05) is 19.3 Å². The average molecular weight is 326 g/mol. The molecule has 1 aliphatic carbocycles. The molecule has 0 spiro atoms. The summed E-state index contributed by atoms with van der Waals surface area (Å²) in [5, 5.41) is 10.4. The minimum atomic E-state index is -0.990. The van der Waals surface area contributed by atoms with Gasteiger partial charge in [0.25, 0.3) is 5.56 Å². The second-order valence-electron chi connectivity index (χ2n) is 6.52. The molecule has 3 rings (SSSR count). The molecule has 1 saturated carbocycles. The van der Waals surface area contributed by atoms with Crippen LogP contribution in [0.3, 0.4) is 0 Å². The van der Waals surface area contributed by atoms with Gasteiger partial charge < -0.3 is 9.84 Å². The number of rotatable bonds is 4. The number of aromatic nitrogens is 2. The molecule has 2 aliphatic rings. The zero-order chi connectivity index (χ0) is 16.4. The number of hydrogen-bond acceptors (Lipinski definition) is 4. The highest BCUT2D eigenvalue weighted by Crippen LogP contribution is 2.27. The monoisotopic (exact) mass is 326 g/mol. The topological polar surface area (TPSA) is 73.5 Å².